The molecule has 4 unspecified atom stereocenters. The lowest BCUT2D eigenvalue weighted by molar-refractivity contribution is 0.377. The SMILES string of the molecule is C=C(CCP(CCB(C)I)OCC)C1CC2C=CC1C2. The average molecular weight is 404 g/mol. The summed E-state index contributed by atoms with van der Waals surface area (Å²) in [5.41, 5.74) is 1.50. The van der Waals surface area contributed by atoms with E-state index in [1.165, 1.54) is 43.5 Å². The summed E-state index contributed by atoms with van der Waals surface area (Å²) in [5, 5.41) is 0. The lowest BCUT2D eigenvalue weighted by atomic mass is 9.79. The van der Waals surface area contributed by atoms with Gasteiger partial charge in [0.05, 0.1) is 0 Å². The van der Waals surface area contributed by atoms with Crippen LogP contribution in [0.4, 0.5) is 0 Å². The van der Waals surface area contributed by atoms with Crippen LogP contribution in [0.15, 0.2) is 24.3 Å². The number of hydrogen-bond acceptors (Lipinski definition) is 1. The molecular weight excluding hydrogens is 377 g/mol. The predicted octanol–water partition coefficient (Wildman–Crippen LogP) is 5.63. The second kappa shape index (κ2) is 8.34. The fourth-order valence-electron chi connectivity index (χ4n) is 3.45. The van der Waals surface area contributed by atoms with E-state index in [2.05, 4.69) is 54.9 Å². The molecule has 0 spiro atoms. The first-order valence-corrected chi connectivity index (χ1v) is 10.9. The molecule has 0 aromatic carbocycles. The molecule has 1 fully saturated rings. The Morgan fingerprint density at radius 1 is 1.40 bits per heavy atom. The van der Waals surface area contributed by atoms with Crippen molar-refractivity contribution < 1.29 is 4.52 Å². The summed E-state index contributed by atoms with van der Waals surface area (Å²) in [6.07, 6.45) is 12.6. The Balaban J connectivity index is 1.74. The number of halogens is 1. The van der Waals surface area contributed by atoms with Gasteiger partial charge in [-0.15, -0.1) is 0 Å². The van der Waals surface area contributed by atoms with Gasteiger partial charge in [-0.25, -0.2) is 0 Å². The van der Waals surface area contributed by atoms with Crippen LogP contribution in [-0.2, 0) is 4.52 Å². The summed E-state index contributed by atoms with van der Waals surface area (Å²) in [5.74, 6) is 2.43. The van der Waals surface area contributed by atoms with Crippen molar-refractivity contribution in [2.75, 3.05) is 18.9 Å². The zero-order valence-corrected chi connectivity index (χ0v) is 15.9. The maximum atomic E-state index is 5.97. The highest BCUT2D eigenvalue weighted by atomic mass is 127. The Hall–Kier alpha value is 0.665. The van der Waals surface area contributed by atoms with Crippen molar-refractivity contribution in [3.8, 4) is 0 Å². The van der Waals surface area contributed by atoms with Gasteiger partial charge in [0.25, 0.3) is 0 Å². The van der Waals surface area contributed by atoms with Crippen molar-refractivity contribution in [2.24, 2.45) is 17.8 Å². The second-order valence-corrected chi connectivity index (χ2v) is 10.5. The monoisotopic (exact) mass is 404 g/mol. The van der Waals surface area contributed by atoms with Crippen LogP contribution in [0.25, 0.3) is 0 Å². The van der Waals surface area contributed by atoms with E-state index in [0.29, 0.717) is 0 Å². The van der Waals surface area contributed by atoms with Crippen LogP contribution >= 0.6 is 30.5 Å². The second-order valence-electron chi connectivity index (χ2n) is 6.21. The fourth-order valence-corrected chi connectivity index (χ4v) is 6.31. The molecule has 0 aliphatic heterocycles. The molecule has 112 valence electrons. The highest BCUT2D eigenvalue weighted by Gasteiger charge is 2.36. The van der Waals surface area contributed by atoms with Crippen LogP contribution in [0.5, 0.6) is 0 Å². The summed E-state index contributed by atoms with van der Waals surface area (Å²) < 4.78 is 6.73. The van der Waals surface area contributed by atoms with Gasteiger partial charge in [-0.3, -0.25) is 0 Å². The van der Waals surface area contributed by atoms with Crippen LogP contribution in [0.1, 0.15) is 26.2 Å². The quantitative estimate of drug-likeness (QED) is 0.209. The van der Waals surface area contributed by atoms with Crippen molar-refractivity contribution in [2.45, 2.75) is 39.3 Å². The third-order valence-corrected chi connectivity index (χ3v) is 7.30. The van der Waals surface area contributed by atoms with E-state index in [-0.39, 0.29) is 8.15 Å². The number of allylic oxidation sites excluding steroid dienone is 3. The zero-order valence-electron chi connectivity index (χ0n) is 12.9. The lowest BCUT2D eigenvalue weighted by Gasteiger charge is -2.23. The third kappa shape index (κ3) is 4.85. The number of rotatable bonds is 9. The zero-order chi connectivity index (χ0) is 14.5. The first-order chi connectivity index (χ1) is 9.60. The molecular formula is C16H27BIOP. The van der Waals surface area contributed by atoms with Crippen molar-refractivity contribution in [1.82, 2.24) is 0 Å². The first kappa shape index (κ1) is 17.0. The van der Waals surface area contributed by atoms with Gasteiger partial charge in [0, 0.05) is 14.8 Å². The molecule has 1 nitrogen and oxygen atoms in total. The van der Waals surface area contributed by atoms with Crippen molar-refractivity contribution >= 4 is 35.1 Å². The summed E-state index contributed by atoms with van der Waals surface area (Å²) >= 11 is 2.52. The third-order valence-electron chi connectivity index (χ3n) is 4.57. The van der Waals surface area contributed by atoms with Crippen LogP contribution in [0.2, 0.25) is 13.1 Å². The van der Waals surface area contributed by atoms with Gasteiger partial charge in [0.2, 0.25) is 4.57 Å². The molecule has 4 atom stereocenters. The molecule has 2 aliphatic carbocycles. The van der Waals surface area contributed by atoms with E-state index in [9.17, 15) is 0 Å². The molecule has 2 bridgehead atoms. The Bertz CT molecular complexity index is 358. The molecule has 20 heavy (non-hydrogen) atoms. The molecule has 4 heteroatoms. The molecule has 0 aromatic rings. The maximum absolute atomic E-state index is 5.97. The van der Waals surface area contributed by atoms with Crippen molar-refractivity contribution in [1.29, 1.82) is 0 Å². The smallest absolute Gasteiger partial charge is 0.215 e. The maximum Gasteiger partial charge on any atom is 0.215 e. The predicted molar refractivity (Wildman–Crippen MR) is 101 cm³/mol. The molecule has 2 aliphatic rings. The Labute approximate surface area is 139 Å². The minimum Gasteiger partial charge on any atom is -0.360 e. The minimum absolute atomic E-state index is 0.231. The van der Waals surface area contributed by atoms with Gasteiger partial charge in [0.1, 0.15) is 0 Å². The average Bonchev–Trinajstić information content (AvgIpc) is 3.03. The lowest BCUT2D eigenvalue weighted by Crippen LogP contribution is -2.11. The fraction of sp³-hybridized carbons (Fsp3) is 0.750. The van der Waals surface area contributed by atoms with Crippen LogP contribution in [0, 0.1) is 17.8 Å². The highest BCUT2D eigenvalue weighted by Crippen LogP contribution is 2.48. The highest BCUT2D eigenvalue weighted by molar-refractivity contribution is 14.1. The van der Waals surface area contributed by atoms with Gasteiger partial charge >= 0.3 is 0 Å². The molecule has 2 rings (SSSR count). The van der Waals surface area contributed by atoms with Gasteiger partial charge < -0.3 is 4.52 Å². The normalized spacial score (nSPS) is 28.9. The van der Waals surface area contributed by atoms with E-state index >= 15 is 0 Å². The summed E-state index contributed by atoms with van der Waals surface area (Å²) in [4.78, 5) is 0. The Kier molecular flexibility index (Phi) is 7.10. The van der Waals surface area contributed by atoms with E-state index in [4.69, 9.17) is 4.52 Å². The molecule has 0 radical (unpaired) electrons. The Morgan fingerprint density at radius 2 is 2.20 bits per heavy atom. The largest absolute Gasteiger partial charge is 0.360 e. The van der Waals surface area contributed by atoms with Crippen LogP contribution in [0.3, 0.4) is 0 Å². The first-order valence-electron chi connectivity index (χ1n) is 7.98. The molecule has 0 heterocycles. The number of fused-ring (bicyclic) bond motifs is 2. The van der Waals surface area contributed by atoms with Gasteiger partial charge in [-0.2, -0.15) is 22.4 Å². The Morgan fingerprint density at radius 3 is 2.75 bits per heavy atom. The van der Waals surface area contributed by atoms with E-state index in [0.717, 1.165) is 28.9 Å². The molecule has 0 amide bonds. The summed E-state index contributed by atoms with van der Waals surface area (Å²) in [6, 6.07) is 0. The topological polar surface area (TPSA) is 9.23 Å². The van der Waals surface area contributed by atoms with E-state index < -0.39 is 0 Å². The van der Waals surface area contributed by atoms with E-state index in [1.54, 1.807) is 0 Å². The van der Waals surface area contributed by atoms with Crippen molar-refractivity contribution in [3.05, 3.63) is 24.3 Å². The molecule has 0 N–H and O–H groups in total. The number of hydrogen-bond donors (Lipinski definition) is 0. The van der Waals surface area contributed by atoms with Gasteiger partial charge in [0.15, 0.2) is 0 Å². The van der Waals surface area contributed by atoms with Crippen molar-refractivity contribution in [3.63, 3.8) is 0 Å². The van der Waals surface area contributed by atoms with Gasteiger partial charge in [-0.1, -0.05) is 37.4 Å². The standard InChI is InChI=1S/C16H27BIOP/c1-4-19-20(10-8-17(3)18)9-7-13(2)16-12-14-5-6-15(16)11-14/h5-6,14-16H,2,4,7-12H2,1,3H3. The van der Waals surface area contributed by atoms with Crippen LogP contribution in [-0.4, -0.2) is 23.5 Å². The minimum atomic E-state index is -0.231. The molecule has 1 saturated carbocycles. The molecule has 0 saturated heterocycles. The summed E-state index contributed by atoms with van der Waals surface area (Å²) in [6.45, 7) is 9.68. The molecule has 0 aromatic heterocycles. The van der Waals surface area contributed by atoms with Gasteiger partial charge in [-0.05, 0) is 56.3 Å². The van der Waals surface area contributed by atoms with Crippen LogP contribution < -0.4 is 0 Å². The summed E-state index contributed by atoms with van der Waals surface area (Å²) in [7, 11) is -0.231. The van der Waals surface area contributed by atoms with E-state index in [1.807, 2.05) is 0 Å².